The van der Waals surface area contributed by atoms with Crippen molar-refractivity contribution in [2.24, 2.45) is 5.73 Å². The fourth-order valence-electron chi connectivity index (χ4n) is 2.78. The minimum absolute atomic E-state index is 0. The first-order valence-corrected chi connectivity index (χ1v) is 9.55. The number of nitrogens with one attached hydrogen (secondary N) is 3. The van der Waals surface area contributed by atoms with Gasteiger partial charge in [-0.05, 0) is 48.4 Å². The molecule has 0 radical (unpaired) electrons. The monoisotopic (exact) mass is 487 g/mol. The summed E-state index contributed by atoms with van der Waals surface area (Å²) in [5, 5.41) is 23.8. The van der Waals surface area contributed by atoms with E-state index in [1.54, 1.807) is 41.7 Å². The quantitative estimate of drug-likeness (QED) is 0.229. The lowest BCUT2D eigenvalue weighted by molar-refractivity contribution is -0.307. The Morgan fingerprint density at radius 2 is 1.82 bits per heavy atom. The number of amidine groups is 1. The number of halogens is 4. The summed E-state index contributed by atoms with van der Waals surface area (Å²) in [6.45, 7) is 1.13. The molecule has 0 aromatic heterocycles. The molecule has 5 N–H and O–H groups in total. The number of carboxylic acids is 1. The Morgan fingerprint density at radius 1 is 1.18 bits per heavy atom. The third kappa shape index (κ3) is 7.86. The molecule has 0 aliphatic rings. The maximum Gasteiger partial charge on any atom is 0.471 e. The van der Waals surface area contributed by atoms with Gasteiger partial charge in [-0.25, -0.2) is 0 Å². The Hall–Kier alpha value is -3.47. The molecule has 180 valence electrons. The van der Waals surface area contributed by atoms with E-state index in [-0.39, 0.29) is 36.2 Å². The van der Waals surface area contributed by atoms with Gasteiger partial charge in [0.25, 0.3) is 0 Å². The van der Waals surface area contributed by atoms with Crippen molar-refractivity contribution < 1.29 is 32.6 Å². The van der Waals surface area contributed by atoms with Crippen LogP contribution >= 0.6 is 12.4 Å². The van der Waals surface area contributed by atoms with Gasteiger partial charge in [0.1, 0.15) is 18.2 Å². The zero-order chi connectivity index (χ0) is 23.9. The van der Waals surface area contributed by atoms with E-state index >= 15 is 0 Å². The Bertz CT molecular complexity index is 984. The average molecular weight is 488 g/mol. The number of nitrogen functional groups attached to an aromatic ring is 1. The number of rotatable bonds is 10. The van der Waals surface area contributed by atoms with Crippen LogP contribution in [0.15, 0.2) is 42.5 Å². The number of carbonyl (C=O) groups excluding carboxylic acids is 2. The highest BCUT2D eigenvalue weighted by molar-refractivity contribution is 5.95. The molecule has 1 amide bonds. The van der Waals surface area contributed by atoms with Crippen molar-refractivity contribution in [3.05, 3.63) is 59.2 Å². The standard InChI is InChI=1S/C21H23F3N4O4.ClH/c1-2-12-3-8-16(32-10-9-27-20(31)21(22,23)24)15(11-12)17(19(29)30)28-14-6-4-13(5-7-14)18(25)26;/h3-8,11,17,28H,2,9-10H2,1H3,(H3,25,26)(H,27,31)(H,29,30);1H/p-1. The minimum atomic E-state index is -5.00. The molecule has 12 heteroatoms. The molecule has 2 aromatic rings. The number of carboxylic acid groups (broad SMARTS) is 1. The van der Waals surface area contributed by atoms with E-state index in [1.165, 1.54) is 6.07 Å². The Labute approximate surface area is 194 Å². The van der Waals surface area contributed by atoms with E-state index in [9.17, 15) is 27.9 Å². The van der Waals surface area contributed by atoms with Gasteiger partial charge in [0.15, 0.2) is 0 Å². The van der Waals surface area contributed by atoms with E-state index in [0.717, 1.165) is 5.56 Å². The third-order valence-electron chi connectivity index (χ3n) is 4.44. The van der Waals surface area contributed by atoms with Crippen molar-refractivity contribution >= 4 is 35.8 Å². The third-order valence-corrected chi connectivity index (χ3v) is 4.44. The van der Waals surface area contributed by atoms with Crippen LogP contribution in [0.3, 0.4) is 0 Å². The molecule has 2 aromatic carbocycles. The number of ether oxygens (including phenoxy) is 1. The number of carbonyl (C=O) groups is 2. The minimum Gasteiger partial charge on any atom is -0.548 e. The first-order chi connectivity index (χ1) is 15.0. The fourth-order valence-corrected chi connectivity index (χ4v) is 2.78. The summed E-state index contributed by atoms with van der Waals surface area (Å²) in [5.41, 5.74) is 7.29. The zero-order valence-corrected chi connectivity index (χ0v) is 18.3. The molecule has 0 aliphatic heterocycles. The van der Waals surface area contributed by atoms with Gasteiger partial charge in [-0.3, -0.25) is 10.2 Å². The van der Waals surface area contributed by atoms with Gasteiger partial charge in [0.05, 0.1) is 18.6 Å². The van der Waals surface area contributed by atoms with Crippen LogP contribution in [-0.2, 0) is 16.0 Å². The molecule has 33 heavy (non-hydrogen) atoms. The van der Waals surface area contributed by atoms with E-state index in [0.29, 0.717) is 17.7 Å². The van der Waals surface area contributed by atoms with Crippen molar-refractivity contribution in [1.29, 1.82) is 5.41 Å². The van der Waals surface area contributed by atoms with Crippen molar-refractivity contribution in [3.63, 3.8) is 0 Å². The van der Waals surface area contributed by atoms with Crippen LogP contribution in [0.2, 0.25) is 0 Å². The molecule has 8 nitrogen and oxygen atoms in total. The molecule has 1 unspecified atom stereocenters. The lowest BCUT2D eigenvalue weighted by Crippen LogP contribution is -2.39. The number of aliphatic carboxylic acids is 1. The number of alkyl halides is 3. The number of hydrogen-bond acceptors (Lipinski definition) is 6. The summed E-state index contributed by atoms with van der Waals surface area (Å²) in [4.78, 5) is 22.8. The molecule has 0 spiro atoms. The van der Waals surface area contributed by atoms with Crippen LogP contribution < -0.4 is 26.2 Å². The van der Waals surface area contributed by atoms with E-state index < -0.39 is 30.6 Å². The van der Waals surface area contributed by atoms with Gasteiger partial charge in [-0.2, -0.15) is 13.2 Å². The topological polar surface area (TPSA) is 140 Å². The summed E-state index contributed by atoms with van der Waals surface area (Å²) in [6.07, 6.45) is -4.40. The average Bonchev–Trinajstić information content (AvgIpc) is 2.74. The fraction of sp³-hybridized carbons (Fsp3) is 0.286. The van der Waals surface area contributed by atoms with Crippen LogP contribution in [0.5, 0.6) is 5.75 Å². The summed E-state index contributed by atoms with van der Waals surface area (Å²) < 4.78 is 42.3. The van der Waals surface area contributed by atoms with Crippen LogP contribution in [0.25, 0.3) is 0 Å². The SMILES string of the molecule is CCc1ccc(OCCNC(=O)C(F)(F)F)c(C(Nc2ccc(C(=N)N)cc2)C(=O)[O-])c1.Cl. The van der Waals surface area contributed by atoms with Crippen molar-refractivity contribution in [3.8, 4) is 5.75 Å². The highest BCUT2D eigenvalue weighted by Gasteiger charge is 2.38. The Morgan fingerprint density at radius 3 is 2.33 bits per heavy atom. The van der Waals surface area contributed by atoms with Gasteiger partial charge in [-0.15, -0.1) is 12.4 Å². The summed E-state index contributed by atoms with van der Waals surface area (Å²) in [5.74, 6) is -3.57. The van der Waals surface area contributed by atoms with Crippen LogP contribution in [-0.4, -0.2) is 37.0 Å². The molecular weight excluding hydrogens is 465 g/mol. The Balaban J connectivity index is 0.00000544. The lowest BCUT2D eigenvalue weighted by atomic mass is 10.0. The first kappa shape index (κ1) is 27.6. The smallest absolute Gasteiger partial charge is 0.471 e. The van der Waals surface area contributed by atoms with Gasteiger partial charge in [-0.1, -0.05) is 13.0 Å². The summed E-state index contributed by atoms with van der Waals surface area (Å²) in [7, 11) is 0. The molecular formula is C21H23ClF3N4O4-. The second kappa shape index (κ2) is 12.0. The number of amides is 1. The maximum atomic E-state index is 12.3. The zero-order valence-electron chi connectivity index (χ0n) is 17.5. The van der Waals surface area contributed by atoms with Crippen molar-refractivity contribution in [1.82, 2.24) is 5.32 Å². The number of hydrogen-bond donors (Lipinski definition) is 4. The van der Waals surface area contributed by atoms with E-state index in [2.05, 4.69) is 5.32 Å². The largest absolute Gasteiger partial charge is 0.548 e. The van der Waals surface area contributed by atoms with E-state index in [4.69, 9.17) is 15.9 Å². The first-order valence-electron chi connectivity index (χ1n) is 9.55. The van der Waals surface area contributed by atoms with Gasteiger partial charge >= 0.3 is 12.1 Å². The van der Waals surface area contributed by atoms with Crippen LogP contribution in [0.4, 0.5) is 18.9 Å². The summed E-state index contributed by atoms with van der Waals surface area (Å²) >= 11 is 0. The van der Waals surface area contributed by atoms with Crippen LogP contribution in [0.1, 0.15) is 29.7 Å². The highest BCUT2D eigenvalue weighted by Crippen LogP contribution is 2.30. The predicted molar refractivity (Wildman–Crippen MR) is 116 cm³/mol. The van der Waals surface area contributed by atoms with E-state index in [1.807, 2.05) is 6.92 Å². The molecule has 2 rings (SSSR count). The molecule has 0 saturated carbocycles. The molecule has 0 aliphatic carbocycles. The highest BCUT2D eigenvalue weighted by atomic mass is 35.5. The number of anilines is 1. The van der Waals surface area contributed by atoms with Gasteiger partial charge < -0.3 is 31.0 Å². The Kier molecular flexibility index (Phi) is 9.99. The molecule has 0 heterocycles. The summed E-state index contributed by atoms with van der Waals surface area (Å²) in [6, 6.07) is 9.63. The van der Waals surface area contributed by atoms with Gasteiger partial charge in [0.2, 0.25) is 0 Å². The number of aryl methyl sites for hydroxylation is 1. The van der Waals surface area contributed by atoms with Crippen LogP contribution in [0, 0.1) is 5.41 Å². The second-order valence-electron chi connectivity index (χ2n) is 6.72. The maximum absolute atomic E-state index is 12.3. The van der Waals surface area contributed by atoms with Crippen molar-refractivity contribution in [2.75, 3.05) is 18.5 Å². The predicted octanol–water partition coefficient (Wildman–Crippen LogP) is 1.92. The molecule has 0 bridgehead atoms. The lowest BCUT2D eigenvalue weighted by Gasteiger charge is -2.24. The second-order valence-corrected chi connectivity index (χ2v) is 6.72. The molecule has 1 atom stereocenters. The molecule has 0 fully saturated rings. The van der Waals surface area contributed by atoms with Crippen molar-refractivity contribution in [2.45, 2.75) is 25.6 Å². The number of benzene rings is 2. The normalized spacial score (nSPS) is 11.6. The number of nitrogens with two attached hydrogens (primary N) is 1. The molecule has 0 saturated heterocycles. The van der Waals surface area contributed by atoms with Gasteiger partial charge in [0, 0.05) is 16.8 Å².